The Balaban J connectivity index is 2.13. The summed E-state index contributed by atoms with van der Waals surface area (Å²) in [6, 6.07) is 12.0. The number of carboxylic acid groups (broad SMARTS) is 1. The summed E-state index contributed by atoms with van der Waals surface area (Å²) in [5.41, 5.74) is 1.23. The van der Waals surface area contributed by atoms with Gasteiger partial charge in [0.2, 0.25) is 5.91 Å². The molecule has 2 aromatic rings. The van der Waals surface area contributed by atoms with Crippen LogP contribution in [0.15, 0.2) is 46.9 Å². The van der Waals surface area contributed by atoms with Gasteiger partial charge >= 0.3 is 5.97 Å². The third-order valence-corrected chi connectivity index (χ3v) is 4.41. The standard InChI is InChI=1S/C17H15BrClNO3/c1-10(8-11-4-2-3-5-14(11)18)16(21)20-15-7-6-12(19)9-13(15)17(22)23/h2-7,9-10H,8H2,1H3,(H,20,21)(H,22,23). The highest BCUT2D eigenvalue weighted by Gasteiger charge is 2.18. The van der Waals surface area contributed by atoms with Gasteiger partial charge in [0.15, 0.2) is 0 Å². The van der Waals surface area contributed by atoms with E-state index in [1.165, 1.54) is 12.1 Å². The Hall–Kier alpha value is -1.85. The monoisotopic (exact) mass is 395 g/mol. The average Bonchev–Trinajstić information content (AvgIpc) is 2.51. The third-order valence-electron chi connectivity index (χ3n) is 3.40. The Morgan fingerprint density at radius 1 is 1.26 bits per heavy atom. The predicted octanol–water partition coefficient (Wildman–Crippen LogP) is 4.62. The number of rotatable bonds is 5. The molecule has 0 radical (unpaired) electrons. The molecule has 2 N–H and O–H groups in total. The van der Waals surface area contributed by atoms with E-state index in [-0.39, 0.29) is 23.1 Å². The lowest BCUT2D eigenvalue weighted by Crippen LogP contribution is -2.23. The van der Waals surface area contributed by atoms with Crippen LogP contribution in [0.25, 0.3) is 0 Å². The van der Waals surface area contributed by atoms with Crippen LogP contribution in [0.3, 0.4) is 0 Å². The number of benzene rings is 2. The van der Waals surface area contributed by atoms with Crippen molar-refractivity contribution < 1.29 is 14.7 Å². The van der Waals surface area contributed by atoms with Crippen molar-refractivity contribution in [3.05, 3.63) is 63.1 Å². The largest absolute Gasteiger partial charge is 0.478 e. The van der Waals surface area contributed by atoms with E-state index in [1.54, 1.807) is 13.0 Å². The smallest absolute Gasteiger partial charge is 0.337 e. The molecule has 0 saturated carbocycles. The minimum Gasteiger partial charge on any atom is -0.478 e. The van der Waals surface area contributed by atoms with Gasteiger partial charge in [-0.1, -0.05) is 52.7 Å². The lowest BCUT2D eigenvalue weighted by Gasteiger charge is -2.14. The van der Waals surface area contributed by atoms with E-state index in [9.17, 15) is 14.7 Å². The van der Waals surface area contributed by atoms with Crippen molar-refractivity contribution >= 4 is 45.1 Å². The number of amides is 1. The highest BCUT2D eigenvalue weighted by molar-refractivity contribution is 9.10. The molecular formula is C17H15BrClNO3. The van der Waals surface area contributed by atoms with E-state index in [1.807, 2.05) is 24.3 Å². The maximum Gasteiger partial charge on any atom is 0.337 e. The molecule has 1 unspecified atom stereocenters. The Morgan fingerprint density at radius 3 is 2.61 bits per heavy atom. The fraction of sp³-hybridized carbons (Fsp3) is 0.176. The topological polar surface area (TPSA) is 66.4 Å². The Morgan fingerprint density at radius 2 is 1.96 bits per heavy atom. The van der Waals surface area contributed by atoms with Crippen LogP contribution in [0.2, 0.25) is 5.02 Å². The molecule has 0 aliphatic rings. The molecule has 0 bridgehead atoms. The molecule has 2 aromatic carbocycles. The van der Waals surface area contributed by atoms with Crippen LogP contribution in [0.4, 0.5) is 5.69 Å². The van der Waals surface area contributed by atoms with Gasteiger partial charge in [0.05, 0.1) is 11.3 Å². The second kappa shape index (κ2) is 7.62. The van der Waals surface area contributed by atoms with Gasteiger partial charge in [-0.05, 0) is 36.2 Å². The minimum absolute atomic E-state index is 0.0288. The number of hydrogen-bond acceptors (Lipinski definition) is 2. The number of anilines is 1. The number of carbonyl (C=O) groups excluding carboxylic acids is 1. The third kappa shape index (κ3) is 4.56. The van der Waals surface area contributed by atoms with E-state index in [2.05, 4.69) is 21.2 Å². The Bertz CT molecular complexity index is 748. The van der Waals surface area contributed by atoms with Crippen LogP contribution < -0.4 is 5.32 Å². The van der Waals surface area contributed by atoms with Gasteiger partial charge < -0.3 is 10.4 Å². The molecule has 23 heavy (non-hydrogen) atoms. The van der Waals surface area contributed by atoms with Crippen LogP contribution in [0, 0.1) is 5.92 Å². The normalized spacial score (nSPS) is 11.8. The van der Waals surface area contributed by atoms with Crippen molar-refractivity contribution in [2.45, 2.75) is 13.3 Å². The van der Waals surface area contributed by atoms with Gasteiger partial charge in [-0.3, -0.25) is 4.79 Å². The first-order valence-electron chi connectivity index (χ1n) is 6.95. The molecule has 0 heterocycles. The molecule has 6 heteroatoms. The lowest BCUT2D eigenvalue weighted by atomic mass is 10.00. The van der Waals surface area contributed by atoms with Crippen LogP contribution in [-0.4, -0.2) is 17.0 Å². The minimum atomic E-state index is -1.14. The quantitative estimate of drug-likeness (QED) is 0.775. The van der Waals surface area contributed by atoms with E-state index in [0.29, 0.717) is 11.4 Å². The Labute approximate surface area is 147 Å². The van der Waals surface area contributed by atoms with Crippen LogP contribution in [-0.2, 0) is 11.2 Å². The van der Waals surface area contributed by atoms with Gasteiger partial charge in [-0.25, -0.2) is 4.79 Å². The second-order valence-corrected chi connectivity index (χ2v) is 6.47. The second-order valence-electron chi connectivity index (χ2n) is 5.18. The molecule has 0 fully saturated rings. The fourth-order valence-corrected chi connectivity index (χ4v) is 2.76. The number of hydrogen-bond donors (Lipinski definition) is 2. The number of halogens is 2. The molecule has 4 nitrogen and oxygen atoms in total. The van der Waals surface area contributed by atoms with Crippen molar-refractivity contribution in [1.29, 1.82) is 0 Å². The molecule has 0 aliphatic carbocycles. The summed E-state index contributed by atoms with van der Waals surface area (Å²) in [4.78, 5) is 23.6. The van der Waals surface area contributed by atoms with Gasteiger partial charge in [-0.2, -0.15) is 0 Å². The van der Waals surface area contributed by atoms with Crippen molar-refractivity contribution in [2.75, 3.05) is 5.32 Å². The molecule has 1 atom stereocenters. The maximum atomic E-state index is 12.3. The van der Waals surface area contributed by atoms with Crippen molar-refractivity contribution in [2.24, 2.45) is 5.92 Å². The molecule has 0 aliphatic heterocycles. The molecule has 0 saturated heterocycles. The van der Waals surface area contributed by atoms with Crippen molar-refractivity contribution in [1.82, 2.24) is 0 Å². The zero-order valence-electron chi connectivity index (χ0n) is 12.3. The van der Waals surface area contributed by atoms with Gasteiger partial charge in [0, 0.05) is 15.4 Å². The summed E-state index contributed by atoms with van der Waals surface area (Å²) in [6.45, 7) is 1.80. The Kier molecular flexibility index (Phi) is 5.80. The van der Waals surface area contributed by atoms with Crippen LogP contribution in [0.5, 0.6) is 0 Å². The molecule has 0 aromatic heterocycles. The molecule has 120 valence electrons. The van der Waals surface area contributed by atoms with E-state index >= 15 is 0 Å². The van der Waals surface area contributed by atoms with E-state index in [0.717, 1.165) is 10.0 Å². The number of carboxylic acids is 1. The summed E-state index contributed by atoms with van der Waals surface area (Å²) in [7, 11) is 0. The van der Waals surface area contributed by atoms with Crippen molar-refractivity contribution in [3.8, 4) is 0 Å². The molecule has 0 spiro atoms. The van der Waals surface area contributed by atoms with Crippen LogP contribution in [0.1, 0.15) is 22.8 Å². The highest BCUT2D eigenvalue weighted by Crippen LogP contribution is 2.23. The SMILES string of the molecule is CC(Cc1ccccc1Br)C(=O)Nc1ccc(Cl)cc1C(=O)O. The van der Waals surface area contributed by atoms with Gasteiger partial charge in [0.25, 0.3) is 0 Å². The van der Waals surface area contributed by atoms with Crippen LogP contribution >= 0.6 is 27.5 Å². The maximum absolute atomic E-state index is 12.3. The number of aromatic carboxylic acids is 1. The first kappa shape index (κ1) is 17.5. The first-order valence-corrected chi connectivity index (χ1v) is 8.12. The summed E-state index contributed by atoms with van der Waals surface area (Å²) < 4.78 is 0.942. The zero-order chi connectivity index (χ0) is 17.0. The number of carbonyl (C=O) groups is 2. The summed E-state index contributed by atoms with van der Waals surface area (Å²) in [5, 5.41) is 12.2. The first-order chi connectivity index (χ1) is 10.9. The van der Waals surface area contributed by atoms with Gasteiger partial charge in [0.1, 0.15) is 0 Å². The van der Waals surface area contributed by atoms with Crippen molar-refractivity contribution in [3.63, 3.8) is 0 Å². The average molecular weight is 397 g/mol. The zero-order valence-corrected chi connectivity index (χ0v) is 14.7. The predicted molar refractivity (Wildman–Crippen MR) is 94.1 cm³/mol. The van der Waals surface area contributed by atoms with E-state index in [4.69, 9.17) is 11.6 Å². The number of nitrogens with one attached hydrogen (secondary N) is 1. The summed E-state index contributed by atoms with van der Waals surface area (Å²) >= 11 is 9.26. The highest BCUT2D eigenvalue weighted by atomic mass is 79.9. The molecular weight excluding hydrogens is 382 g/mol. The van der Waals surface area contributed by atoms with E-state index < -0.39 is 5.97 Å². The summed E-state index contributed by atoms with van der Waals surface area (Å²) in [6.07, 6.45) is 0.545. The summed E-state index contributed by atoms with van der Waals surface area (Å²) in [5.74, 6) is -1.70. The molecule has 1 amide bonds. The molecule has 2 rings (SSSR count). The van der Waals surface area contributed by atoms with Gasteiger partial charge in [-0.15, -0.1) is 0 Å². The fourth-order valence-electron chi connectivity index (χ4n) is 2.14. The lowest BCUT2D eigenvalue weighted by molar-refractivity contribution is -0.119.